The Labute approximate surface area is 174 Å². The van der Waals surface area contributed by atoms with Gasteiger partial charge in [0.1, 0.15) is 0 Å². The molecule has 0 bridgehead atoms. The summed E-state index contributed by atoms with van der Waals surface area (Å²) in [7, 11) is 0. The van der Waals surface area contributed by atoms with Crippen LogP contribution in [0.1, 0.15) is 26.3 Å². The first-order valence-corrected chi connectivity index (χ1v) is 10.7. The third-order valence-corrected chi connectivity index (χ3v) is 5.81. The lowest BCUT2D eigenvalue weighted by molar-refractivity contribution is -0.120. The van der Waals surface area contributed by atoms with Crippen molar-refractivity contribution in [2.45, 2.75) is 44.3 Å². The topological polar surface area (TPSA) is 65.4 Å². The Bertz CT molecular complexity index is 1030. The van der Waals surface area contributed by atoms with E-state index in [1.165, 1.54) is 11.8 Å². The Morgan fingerprint density at radius 1 is 1.17 bits per heavy atom. The quantitative estimate of drug-likeness (QED) is 0.590. The predicted octanol–water partition coefficient (Wildman–Crippen LogP) is 4.22. The van der Waals surface area contributed by atoms with Crippen LogP contribution in [0.2, 0.25) is 0 Å². The van der Waals surface area contributed by atoms with Gasteiger partial charge in [0.05, 0.1) is 16.3 Å². The van der Waals surface area contributed by atoms with Crippen molar-refractivity contribution in [2.75, 3.05) is 6.79 Å². The number of benzene rings is 2. The normalized spacial score (nSPS) is 13.8. The first-order valence-electron chi connectivity index (χ1n) is 9.79. The number of hydrogen-bond acceptors (Lipinski definition) is 5. The van der Waals surface area contributed by atoms with Gasteiger partial charge in [-0.15, -0.1) is 0 Å². The number of aromatic nitrogens is 2. The summed E-state index contributed by atoms with van der Waals surface area (Å²) in [5, 5.41) is 3.63. The minimum atomic E-state index is -0.258. The molecule has 1 amide bonds. The third kappa shape index (κ3) is 4.34. The lowest BCUT2D eigenvalue weighted by Gasteiger charge is -2.15. The fraction of sp³-hybridized carbons (Fsp3) is 0.364. The summed E-state index contributed by atoms with van der Waals surface area (Å²) in [5.41, 5.74) is 3.05. The van der Waals surface area contributed by atoms with Crippen molar-refractivity contribution in [3.8, 4) is 11.5 Å². The highest BCUT2D eigenvalue weighted by molar-refractivity contribution is 8.00. The first kappa shape index (κ1) is 19.6. The Morgan fingerprint density at radius 2 is 1.97 bits per heavy atom. The number of fused-ring (bicyclic) bond motifs is 2. The maximum Gasteiger partial charge on any atom is 0.233 e. The molecule has 2 heterocycles. The van der Waals surface area contributed by atoms with Crippen molar-refractivity contribution in [2.24, 2.45) is 5.92 Å². The highest BCUT2D eigenvalue weighted by Crippen LogP contribution is 2.32. The van der Waals surface area contributed by atoms with Gasteiger partial charge in [-0.3, -0.25) is 4.79 Å². The molecular formula is C22H25N3O3S. The molecule has 0 saturated heterocycles. The van der Waals surface area contributed by atoms with Gasteiger partial charge in [-0.05, 0) is 42.7 Å². The van der Waals surface area contributed by atoms with Gasteiger partial charge in [0.2, 0.25) is 12.7 Å². The van der Waals surface area contributed by atoms with E-state index >= 15 is 0 Å². The number of ether oxygens (including phenoxy) is 2. The van der Waals surface area contributed by atoms with E-state index in [4.69, 9.17) is 14.5 Å². The smallest absolute Gasteiger partial charge is 0.233 e. The Balaban J connectivity index is 1.43. The minimum absolute atomic E-state index is 0.0178. The van der Waals surface area contributed by atoms with Crippen molar-refractivity contribution in [1.82, 2.24) is 14.9 Å². The summed E-state index contributed by atoms with van der Waals surface area (Å²) in [6, 6.07) is 13.8. The molecule has 152 valence electrons. The number of para-hydroxylation sites is 2. The maximum atomic E-state index is 12.7. The van der Waals surface area contributed by atoms with Crippen LogP contribution < -0.4 is 14.8 Å². The van der Waals surface area contributed by atoms with Crippen molar-refractivity contribution in [1.29, 1.82) is 0 Å². The maximum absolute atomic E-state index is 12.7. The fourth-order valence-corrected chi connectivity index (χ4v) is 4.24. The number of thioether (sulfide) groups is 1. The van der Waals surface area contributed by atoms with E-state index in [9.17, 15) is 4.79 Å². The number of rotatable bonds is 7. The molecule has 1 N–H and O–H groups in total. The van der Waals surface area contributed by atoms with Crippen LogP contribution in [0.15, 0.2) is 47.6 Å². The molecule has 2 aromatic carbocycles. The summed E-state index contributed by atoms with van der Waals surface area (Å²) in [5.74, 6) is 1.94. The van der Waals surface area contributed by atoms with Crippen LogP contribution >= 0.6 is 11.8 Å². The monoisotopic (exact) mass is 411 g/mol. The average molecular weight is 412 g/mol. The molecule has 4 rings (SSSR count). The zero-order valence-electron chi connectivity index (χ0n) is 16.8. The van der Waals surface area contributed by atoms with E-state index in [0.717, 1.165) is 39.8 Å². The SMILES string of the molecule is CC(C)Cn1c(SC(C)C(=O)NCc2ccc3c(c2)OCO3)nc2ccccc21. The lowest BCUT2D eigenvalue weighted by atomic mass is 10.2. The van der Waals surface area contributed by atoms with Gasteiger partial charge in [-0.1, -0.05) is 43.8 Å². The van der Waals surface area contributed by atoms with Crippen molar-refractivity contribution >= 4 is 28.7 Å². The summed E-state index contributed by atoms with van der Waals surface area (Å²) < 4.78 is 12.9. The molecule has 0 spiro atoms. The number of carbonyl (C=O) groups is 1. The molecule has 1 unspecified atom stereocenters. The van der Waals surface area contributed by atoms with Gasteiger partial charge in [0.25, 0.3) is 0 Å². The van der Waals surface area contributed by atoms with Crippen LogP contribution in [0.5, 0.6) is 11.5 Å². The zero-order chi connectivity index (χ0) is 20.4. The first-order chi connectivity index (χ1) is 14.0. The van der Waals surface area contributed by atoms with Crippen LogP contribution in [0.4, 0.5) is 0 Å². The van der Waals surface area contributed by atoms with Gasteiger partial charge in [0.15, 0.2) is 16.7 Å². The Kier molecular flexibility index (Phi) is 5.67. The van der Waals surface area contributed by atoms with Crippen LogP contribution in [0.3, 0.4) is 0 Å². The molecule has 1 aliphatic rings. The van der Waals surface area contributed by atoms with Gasteiger partial charge in [-0.2, -0.15) is 0 Å². The summed E-state index contributed by atoms with van der Waals surface area (Å²) in [6.07, 6.45) is 0. The van der Waals surface area contributed by atoms with Gasteiger partial charge >= 0.3 is 0 Å². The second-order valence-corrected chi connectivity index (χ2v) is 8.86. The predicted molar refractivity (Wildman–Crippen MR) is 114 cm³/mol. The molecule has 1 aromatic heterocycles. The summed E-state index contributed by atoms with van der Waals surface area (Å²) in [6.45, 7) is 7.85. The van der Waals surface area contributed by atoms with Crippen molar-refractivity contribution in [3.63, 3.8) is 0 Å². The number of hydrogen-bond donors (Lipinski definition) is 1. The van der Waals surface area contributed by atoms with E-state index in [2.05, 4.69) is 29.8 Å². The molecular weight excluding hydrogens is 386 g/mol. The number of carbonyl (C=O) groups excluding carboxylic acids is 1. The molecule has 0 radical (unpaired) electrons. The molecule has 7 heteroatoms. The average Bonchev–Trinajstić information content (AvgIpc) is 3.30. The van der Waals surface area contributed by atoms with Gasteiger partial charge in [0, 0.05) is 13.1 Å². The Morgan fingerprint density at radius 3 is 2.79 bits per heavy atom. The van der Waals surface area contributed by atoms with E-state index < -0.39 is 0 Å². The van der Waals surface area contributed by atoms with E-state index in [1.807, 2.05) is 43.3 Å². The molecule has 1 atom stereocenters. The molecule has 0 aliphatic carbocycles. The van der Waals surface area contributed by atoms with Gasteiger partial charge in [-0.25, -0.2) is 4.98 Å². The molecule has 0 fully saturated rings. The number of nitrogens with one attached hydrogen (secondary N) is 1. The molecule has 1 aliphatic heterocycles. The second-order valence-electron chi connectivity index (χ2n) is 7.55. The molecule has 0 saturated carbocycles. The highest BCUT2D eigenvalue weighted by Gasteiger charge is 2.20. The zero-order valence-corrected chi connectivity index (χ0v) is 17.7. The number of amides is 1. The van der Waals surface area contributed by atoms with Crippen LogP contribution in [-0.2, 0) is 17.9 Å². The number of imidazole rings is 1. The van der Waals surface area contributed by atoms with Gasteiger partial charge < -0.3 is 19.4 Å². The van der Waals surface area contributed by atoms with E-state index in [-0.39, 0.29) is 18.0 Å². The minimum Gasteiger partial charge on any atom is -0.454 e. The second kappa shape index (κ2) is 8.37. The van der Waals surface area contributed by atoms with Crippen molar-refractivity contribution in [3.05, 3.63) is 48.0 Å². The Hall–Kier alpha value is -2.67. The molecule has 6 nitrogen and oxygen atoms in total. The summed E-state index contributed by atoms with van der Waals surface area (Å²) in [4.78, 5) is 17.4. The molecule has 29 heavy (non-hydrogen) atoms. The summed E-state index contributed by atoms with van der Waals surface area (Å²) >= 11 is 1.50. The lowest BCUT2D eigenvalue weighted by Crippen LogP contribution is -2.30. The standard InChI is InChI=1S/C22H25N3O3S/c1-14(2)12-25-18-7-5-4-6-17(18)24-22(25)29-15(3)21(26)23-11-16-8-9-19-20(10-16)28-13-27-19/h4-10,14-15H,11-13H2,1-3H3,(H,23,26). The van der Waals surface area contributed by atoms with Crippen LogP contribution in [0.25, 0.3) is 11.0 Å². The highest BCUT2D eigenvalue weighted by atomic mass is 32.2. The third-order valence-electron chi connectivity index (χ3n) is 4.72. The van der Waals surface area contributed by atoms with Crippen molar-refractivity contribution < 1.29 is 14.3 Å². The van der Waals surface area contributed by atoms with Crippen LogP contribution in [-0.4, -0.2) is 27.5 Å². The van der Waals surface area contributed by atoms with Crippen LogP contribution in [0, 0.1) is 5.92 Å². The largest absolute Gasteiger partial charge is 0.454 e. The molecule has 3 aromatic rings. The number of nitrogens with zero attached hydrogens (tertiary/aromatic N) is 2. The van der Waals surface area contributed by atoms with E-state index in [0.29, 0.717) is 12.5 Å². The fourth-order valence-electron chi connectivity index (χ4n) is 3.28. The van der Waals surface area contributed by atoms with E-state index in [1.54, 1.807) is 0 Å².